The molecule has 164 valence electrons. The van der Waals surface area contributed by atoms with Crippen LogP contribution in [0.3, 0.4) is 0 Å². The maximum absolute atomic E-state index is 13.0. The van der Waals surface area contributed by atoms with Crippen LogP contribution in [0.25, 0.3) is 11.1 Å². The molecule has 1 aliphatic carbocycles. The fraction of sp³-hybridized carbons (Fsp3) is 0.320. The summed E-state index contributed by atoms with van der Waals surface area (Å²) in [6.45, 7) is 3.27. The van der Waals surface area contributed by atoms with E-state index in [1.807, 2.05) is 37.3 Å². The molecule has 1 aromatic heterocycles. The van der Waals surface area contributed by atoms with E-state index in [2.05, 4.69) is 29.4 Å². The number of hydrogen-bond donors (Lipinski definition) is 1. The van der Waals surface area contributed by atoms with Crippen molar-refractivity contribution in [2.24, 2.45) is 5.92 Å². The van der Waals surface area contributed by atoms with E-state index < -0.39 is 18.0 Å². The molecule has 2 aromatic carbocycles. The Morgan fingerprint density at radius 2 is 1.69 bits per heavy atom. The van der Waals surface area contributed by atoms with Crippen molar-refractivity contribution in [1.82, 2.24) is 14.7 Å². The highest BCUT2D eigenvalue weighted by Crippen LogP contribution is 2.44. The monoisotopic (exact) mass is 431 g/mol. The molecular formula is C25H25N3O4. The maximum atomic E-state index is 13.0. The van der Waals surface area contributed by atoms with Crippen LogP contribution in [0.15, 0.2) is 60.8 Å². The Bertz CT molecular complexity index is 1130. The lowest BCUT2D eigenvalue weighted by molar-refractivity contribution is -0.141. The first-order valence-electron chi connectivity index (χ1n) is 10.9. The quantitative estimate of drug-likeness (QED) is 0.661. The van der Waals surface area contributed by atoms with Gasteiger partial charge in [-0.15, -0.1) is 0 Å². The van der Waals surface area contributed by atoms with Crippen LogP contribution in [0, 0.1) is 5.92 Å². The normalized spacial score (nSPS) is 19.6. The van der Waals surface area contributed by atoms with Gasteiger partial charge in [0.1, 0.15) is 6.61 Å². The molecule has 2 aliphatic rings. The topological polar surface area (TPSA) is 84.7 Å². The average molecular weight is 431 g/mol. The van der Waals surface area contributed by atoms with Crippen molar-refractivity contribution in [3.05, 3.63) is 77.6 Å². The molecule has 1 amide bonds. The van der Waals surface area contributed by atoms with Gasteiger partial charge in [0.25, 0.3) is 0 Å². The molecular weight excluding hydrogens is 406 g/mol. The molecule has 0 saturated carbocycles. The van der Waals surface area contributed by atoms with E-state index in [9.17, 15) is 14.7 Å². The molecule has 1 saturated heterocycles. The van der Waals surface area contributed by atoms with E-state index in [1.165, 1.54) is 16.0 Å². The zero-order valence-electron chi connectivity index (χ0n) is 17.8. The Morgan fingerprint density at radius 1 is 1.03 bits per heavy atom. The Labute approximate surface area is 186 Å². The summed E-state index contributed by atoms with van der Waals surface area (Å²) in [4.78, 5) is 26.4. The van der Waals surface area contributed by atoms with E-state index >= 15 is 0 Å². The van der Waals surface area contributed by atoms with Crippen molar-refractivity contribution < 1.29 is 19.4 Å². The molecule has 1 aliphatic heterocycles. The van der Waals surface area contributed by atoms with Crippen molar-refractivity contribution in [2.75, 3.05) is 19.7 Å². The zero-order valence-corrected chi connectivity index (χ0v) is 17.8. The lowest BCUT2D eigenvalue weighted by Crippen LogP contribution is -2.31. The third-order valence-corrected chi connectivity index (χ3v) is 6.66. The minimum atomic E-state index is -0.909. The van der Waals surface area contributed by atoms with Crippen LogP contribution in [-0.4, -0.2) is 51.5 Å². The summed E-state index contributed by atoms with van der Waals surface area (Å²) in [5.41, 5.74) is 5.48. The van der Waals surface area contributed by atoms with Crippen LogP contribution in [-0.2, 0) is 16.1 Å². The van der Waals surface area contributed by atoms with Crippen LogP contribution < -0.4 is 0 Å². The fourth-order valence-corrected chi connectivity index (χ4v) is 5.11. The lowest BCUT2D eigenvalue weighted by atomic mass is 9.93. The number of fused-ring (bicyclic) bond motifs is 3. The molecule has 2 unspecified atom stereocenters. The first-order chi connectivity index (χ1) is 15.6. The van der Waals surface area contributed by atoms with Crippen LogP contribution in [0.1, 0.15) is 35.6 Å². The van der Waals surface area contributed by atoms with Gasteiger partial charge in [-0.2, -0.15) is 5.10 Å². The Kier molecular flexibility index (Phi) is 5.17. The van der Waals surface area contributed by atoms with Crippen LogP contribution >= 0.6 is 0 Å². The molecule has 1 N–H and O–H groups in total. The third kappa shape index (κ3) is 3.34. The lowest BCUT2D eigenvalue weighted by Gasteiger charge is -2.19. The number of benzene rings is 2. The van der Waals surface area contributed by atoms with E-state index in [1.54, 1.807) is 10.9 Å². The van der Waals surface area contributed by atoms with E-state index in [0.29, 0.717) is 13.1 Å². The molecule has 7 heteroatoms. The summed E-state index contributed by atoms with van der Waals surface area (Å²) >= 11 is 0. The number of carbonyl (C=O) groups excluding carboxylic acids is 1. The van der Waals surface area contributed by atoms with Gasteiger partial charge in [0, 0.05) is 43.4 Å². The van der Waals surface area contributed by atoms with E-state index in [-0.39, 0.29) is 25.0 Å². The first-order valence-corrected chi connectivity index (χ1v) is 10.9. The van der Waals surface area contributed by atoms with Crippen molar-refractivity contribution >= 4 is 12.1 Å². The number of ether oxygens (including phenoxy) is 1. The molecule has 1 fully saturated rings. The van der Waals surface area contributed by atoms with Crippen molar-refractivity contribution in [2.45, 2.75) is 25.3 Å². The summed E-state index contributed by atoms with van der Waals surface area (Å²) in [6, 6.07) is 18.2. The second-order valence-corrected chi connectivity index (χ2v) is 8.33. The number of carbonyl (C=O) groups is 2. The Hall–Kier alpha value is -3.61. The van der Waals surface area contributed by atoms with Gasteiger partial charge in [0.15, 0.2) is 0 Å². The number of aliphatic carboxylic acids is 1. The van der Waals surface area contributed by atoms with Crippen LogP contribution in [0.2, 0.25) is 0 Å². The second-order valence-electron chi connectivity index (χ2n) is 8.33. The van der Waals surface area contributed by atoms with Crippen molar-refractivity contribution in [3.63, 3.8) is 0 Å². The minimum Gasteiger partial charge on any atom is -0.481 e. The number of aryl methyl sites for hydroxylation is 1. The highest BCUT2D eigenvalue weighted by molar-refractivity contribution is 5.79. The summed E-state index contributed by atoms with van der Waals surface area (Å²) in [5, 5.41) is 14.0. The number of amides is 1. The number of hydrogen-bond acceptors (Lipinski definition) is 4. The highest BCUT2D eigenvalue weighted by Gasteiger charge is 2.42. The summed E-state index contributed by atoms with van der Waals surface area (Å²) in [5.74, 6) is -1.93. The number of carboxylic acids is 1. The zero-order chi connectivity index (χ0) is 22.2. The molecule has 2 heterocycles. The standard InChI is InChI=1S/C25H25N3O4/c1-2-28-23(11-12-26-28)20-13-27(14-21(20)24(29)30)25(31)32-15-22-18-9-5-3-7-16(18)17-8-4-6-10-19(17)22/h3-12,20-22H,2,13-15H2,1H3,(H,29,30). The van der Waals surface area contributed by atoms with E-state index in [0.717, 1.165) is 16.8 Å². The smallest absolute Gasteiger partial charge is 0.409 e. The predicted octanol–water partition coefficient (Wildman–Crippen LogP) is 3.95. The average Bonchev–Trinajstić information content (AvgIpc) is 3.52. The first kappa shape index (κ1) is 20.3. The van der Waals surface area contributed by atoms with Gasteiger partial charge >= 0.3 is 12.1 Å². The molecule has 0 radical (unpaired) electrons. The minimum absolute atomic E-state index is 0.0263. The molecule has 7 nitrogen and oxygen atoms in total. The second kappa shape index (κ2) is 8.15. The number of rotatable bonds is 5. The molecule has 5 rings (SSSR count). The molecule has 32 heavy (non-hydrogen) atoms. The maximum Gasteiger partial charge on any atom is 0.409 e. The number of aromatic nitrogens is 2. The van der Waals surface area contributed by atoms with Gasteiger partial charge in [-0.05, 0) is 35.2 Å². The van der Waals surface area contributed by atoms with Gasteiger partial charge in [-0.1, -0.05) is 48.5 Å². The van der Waals surface area contributed by atoms with Crippen LogP contribution in [0.4, 0.5) is 4.79 Å². The van der Waals surface area contributed by atoms with Gasteiger partial charge in [0.2, 0.25) is 0 Å². The summed E-state index contributed by atoms with van der Waals surface area (Å²) < 4.78 is 7.54. The largest absolute Gasteiger partial charge is 0.481 e. The number of carboxylic acid groups (broad SMARTS) is 1. The molecule has 3 aromatic rings. The third-order valence-electron chi connectivity index (χ3n) is 6.66. The highest BCUT2D eigenvalue weighted by atomic mass is 16.6. The van der Waals surface area contributed by atoms with Gasteiger partial charge < -0.3 is 14.7 Å². The summed E-state index contributed by atoms with van der Waals surface area (Å²) in [7, 11) is 0. The summed E-state index contributed by atoms with van der Waals surface area (Å²) in [6.07, 6.45) is 1.21. The predicted molar refractivity (Wildman–Crippen MR) is 118 cm³/mol. The van der Waals surface area contributed by atoms with Crippen molar-refractivity contribution in [1.29, 1.82) is 0 Å². The van der Waals surface area contributed by atoms with E-state index in [4.69, 9.17) is 4.74 Å². The van der Waals surface area contributed by atoms with Gasteiger partial charge in [0.05, 0.1) is 5.92 Å². The van der Waals surface area contributed by atoms with Crippen molar-refractivity contribution in [3.8, 4) is 11.1 Å². The Balaban J connectivity index is 1.32. The van der Waals surface area contributed by atoms with Gasteiger partial charge in [-0.3, -0.25) is 9.48 Å². The fourth-order valence-electron chi connectivity index (χ4n) is 5.11. The molecule has 0 spiro atoms. The Morgan fingerprint density at radius 3 is 2.31 bits per heavy atom. The number of nitrogens with zero attached hydrogens (tertiary/aromatic N) is 3. The van der Waals surface area contributed by atoms with Gasteiger partial charge in [-0.25, -0.2) is 4.79 Å². The SMILES string of the molecule is CCn1nccc1C1CN(C(=O)OCC2c3ccccc3-c3ccccc32)CC1C(=O)O. The molecule has 2 atom stereocenters. The van der Waals surface area contributed by atoms with Crippen LogP contribution in [0.5, 0.6) is 0 Å². The number of likely N-dealkylation sites (tertiary alicyclic amines) is 1. The molecule has 0 bridgehead atoms.